The van der Waals surface area contributed by atoms with E-state index in [1.807, 2.05) is 24.3 Å². The molecule has 14 nitrogen and oxygen atoms in total. The Hall–Kier alpha value is -2.74. The summed E-state index contributed by atoms with van der Waals surface area (Å²) in [6.07, 6.45) is 40.4. The van der Waals surface area contributed by atoms with Crippen LogP contribution in [0.1, 0.15) is 136 Å². The fourth-order valence-electron chi connectivity index (χ4n) is 5.01. The Morgan fingerprint density at radius 2 is 1.05 bits per heavy atom. The molecule has 4 atom stereocenters. The fraction of sp³-hybridized carbons (Fsp3) is 0.636. The van der Waals surface area contributed by atoms with Crippen LogP contribution in [0.5, 0.6) is 0 Å². The largest absolute Gasteiger partial charge is 0.472 e. The number of allylic oxidation sites excluding steroid dienone is 12. The van der Waals surface area contributed by atoms with Crippen molar-refractivity contribution in [2.45, 2.75) is 154 Å². The first-order valence-corrected chi connectivity index (χ1v) is 24.4. The van der Waals surface area contributed by atoms with Gasteiger partial charge in [0.25, 0.3) is 0 Å². The first-order valence-electron chi connectivity index (χ1n) is 21.4. The van der Waals surface area contributed by atoms with Crippen molar-refractivity contribution in [3.63, 3.8) is 0 Å². The first-order chi connectivity index (χ1) is 28.8. The molecule has 0 saturated heterocycles. The highest BCUT2D eigenvalue weighted by Gasteiger charge is 2.28. The minimum Gasteiger partial charge on any atom is -0.462 e. The standard InChI is InChI=1S/C44H74O14P2/c1-3-5-7-9-11-13-14-15-16-17-18-20-22-26-31-35-44(48)58-42(39-57-60(52,53)56-37-41(46)36-55-59(49,50)51)38-54-43(47)34-30-27-23-25-29-33-40(45)32-28-24-21-19-12-10-8-6-4-2/h11-13,15-16,18-20,23-25,28-29,33,40-42,45-46H,3-10,14,17,21-22,26-27,30-32,34-39H2,1-2H3,(H,52,53)(H2,49,50,51)/b13-11-,16-15-,19-12-,20-18-,25-23+,28-24-,33-29-/t40?,41-,42+/m0/s1. The summed E-state index contributed by atoms with van der Waals surface area (Å²) >= 11 is 0. The quantitative estimate of drug-likeness (QED) is 0.0128. The Balaban J connectivity index is 4.78. The second-order valence-electron chi connectivity index (χ2n) is 14.1. The summed E-state index contributed by atoms with van der Waals surface area (Å²) in [5.41, 5.74) is 0. The third-order valence-electron chi connectivity index (χ3n) is 8.33. The molecule has 0 fully saturated rings. The van der Waals surface area contributed by atoms with Gasteiger partial charge in [-0.2, -0.15) is 0 Å². The molecule has 344 valence electrons. The summed E-state index contributed by atoms with van der Waals surface area (Å²) in [4.78, 5) is 52.6. The average Bonchev–Trinajstić information content (AvgIpc) is 3.20. The molecule has 2 unspecified atom stereocenters. The molecule has 0 aliphatic rings. The number of hydrogen-bond donors (Lipinski definition) is 5. The molecule has 0 aromatic rings. The van der Waals surface area contributed by atoms with E-state index < -0.39 is 72.3 Å². The van der Waals surface area contributed by atoms with Gasteiger partial charge in [-0.3, -0.25) is 23.2 Å². The average molecular weight is 889 g/mol. The first kappa shape index (κ1) is 57.3. The number of phosphoric ester groups is 2. The Labute approximate surface area is 359 Å². The molecule has 0 amide bonds. The van der Waals surface area contributed by atoms with Crippen molar-refractivity contribution in [3.8, 4) is 0 Å². The van der Waals surface area contributed by atoms with Crippen molar-refractivity contribution in [2.24, 2.45) is 0 Å². The fourth-order valence-corrected chi connectivity index (χ4v) is 6.17. The van der Waals surface area contributed by atoms with Crippen LogP contribution in [-0.4, -0.2) is 81.6 Å². The van der Waals surface area contributed by atoms with Crippen molar-refractivity contribution in [1.82, 2.24) is 0 Å². The second-order valence-corrected chi connectivity index (χ2v) is 16.8. The van der Waals surface area contributed by atoms with Crippen molar-refractivity contribution in [1.29, 1.82) is 0 Å². The van der Waals surface area contributed by atoms with E-state index in [9.17, 15) is 33.8 Å². The maximum atomic E-state index is 12.6. The van der Waals surface area contributed by atoms with Gasteiger partial charge in [-0.05, 0) is 83.5 Å². The number of aliphatic hydroxyl groups excluding tert-OH is 2. The number of esters is 2. The van der Waals surface area contributed by atoms with Gasteiger partial charge in [0.1, 0.15) is 12.7 Å². The number of hydrogen-bond acceptors (Lipinski definition) is 11. The molecule has 0 aliphatic heterocycles. The monoisotopic (exact) mass is 888 g/mol. The van der Waals surface area contributed by atoms with E-state index in [4.69, 9.17) is 23.8 Å². The van der Waals surface area contributed by atoms with Crippen LogP contribution in [0, 0.1) is 0 Å². The zero-order chi connectivity index (χ0) is 44.6. The number of aliphatic hydroxyl groups is 2. The molecule has 0 rings (SSSR count). The van der Waals surface area contributed by atoms with Crippen LogP contribution in [0.3, 0.4) is 0 Å². The van der Waals surface area contributed by atoms with E-state index in [1.54, 1.807) is 18.2 Å². The van der Waals surface area contributed by atoms with Crippen molar-refractivity contribution in [3.05, 3.63) is 85.1 Å². The summed E-state index contributed by atoms with van der Waals surface area (Å²) in [7, 11) is -9.74. The van der Waals surface area contributed by atoms with Gasteiger partial charge in [-0.1, -0.05) is 125 Å². The van der Waals surface area contributed by atoms with E-state index in [2.05, 4.69) is 65.4 Å². The number of phosphoric acid groups is 2. The minimum absolute atomic E-state index is 0.0473. The topological polar surface area (TPSA) is 216 Å². The van der Waals surface area contributed by atoms with Gasteiger partial charge >= 0.3 is 27.6 Å². The van der Waals surface area contributed by atoms with Crippen LogP contribution >= 0.6 is 15.6 Å². The second kappa shape index (κ2) is 39.1. The molecule has 16 heteroatoms. The normalized spacial score (nSPS) is 15.4. The lowest BCUT2D eigenvalue weighted by molar-refractivity contribution is -0.161. The third-order valence-corrected chi connectivity index (χ3v) is 9.76. The van der Waals surface area contributed by atoms with Gasteiger partial charge in [-0.25, -0.2) is 9.13 Å². The predicted octanol–water partition coefficient (Wildman–Crippen LogP) is 9.75. The maximum Gasteiger partial charge on any atom is 0.472 e. The van der Waals surface area contributed by atoms with Gasteiger partial charge in [0.15, 0.2) is 6.10 Å². The van der Waals surface area contributed by atoms with E-state index in [0.717, 1.165) is 44.9 Å². The lowest BCUT2D eigenvalue weighted by Gasteiger charge is -2.20. The molecule has 0 aromatic carbocycles. The molecule has 0 spiro atoms. The van der Waals surface area contributed by atoms with E-state index in [0.29, 0.717) is 25.7 Å². The molecular weight excluding hydrogens is 814 g/mol. The molecule has 0 bridgehead atoms. The zero-order valence-electron chi connectivity index (χ0n) is 35.9. The Morgan fingerprint density at radius 3 is 1.63 bits per heavy atom. The number of unbranched alkanes of at least 4 members (excludes halogenated alkanes) is 9. The smallest absolute Gasteiger partial charge is 0.462 e. The highest BCUT2D eigenvalue weighted by Crippen LogP contribution is 2.43. The number of ether oxygens (including phenoxy) is 2. The maximum absolute atomic E-state index is 12.6. The van der Waals surface area contributed by atoms with E-state index in [-0.39, 0.29) is 12.8 Å². The SMILES string of the molecule is CCCCC/C=C\C/C=C\C/C=C\CCCCC(=O)O[C@H](COC(=O)CCC/C=C/C=C\C(O)C/C=C\C/C=C\CCCCC)COP(=O)(O)OC[C@@H](O)COP(=O)(O)O. The van der Waals surface area contributed by atoms with Crippen LogP contribution in [0.25, 0.3) is 0 Å². The predicted molar refractivity (Wildman–Crippen MR) is 236 cm³/mol. The van der Waals surface area contributed by atoms with Gasteiger partial charge in [0, 0.05) is 12.8 Å². The van der Waals surface area contributed by atoms with Gasteiger partial charge in [-0.15, -0.1) is 0 Å². The van der Waals surface area contributed by atoms with Crippen LogP contribution in [0.15, 0.2) is 85.1 Å². The van der Waals surface area contributed by atoms with Crippen LogP contribution < -0.4 is 0 Å². The Morgan fingerprint density at radius 1 is 0.550 bits per heavy atom. The van der Waals surface area contributed by atoms with E-state index in [1.165, 1.54) is 38.5 Å². The van der Waals surface area contributed by atoms with Gasteiger partial charge in [0.2, 0.25) is 0 Å². The van der Waals surface area contributed by atoms with E-state index >= 15 is 0 Å². The molecule has 0 aromatic heterocycles. The summed E-state index contributed by atoms with van der Waals surface area (Å²) in [6.45, 7) is 1.47. The lowest BCUT2D eigenvalue weighted by atomic mass is 10.1. The molecule has 0 radical (unpaired) electrons. The minimum atomic E-state index is -4.88. The molecule has 60 heavy (non-hydrogen) atoms. The van der Waals surface area contributed by atoms with Gasteiger partial charge < -0.3 is 34.4 Å². The molecule has 0 saturated carbocycles. The van der Waals surface area contributed by atoms with Crippen LogP contribution in [0.2, 0.25) is 0 Å². The Kier molecular flexibility index (Phi) is 37.3. The number of rotatable bonds is 39. The summed E-state index contributed by atoms with van der Waals surface area (Å²) in [6, 6.07) is 0. The molecule has 0 aliphatic carbocycles. The van der Waals surface area contributed by atoms with Gasteiger partial charge in [0.05, 0.1) is 25.9 Å². The summed E-state index contributed by atoms with van der Waals surface area (Å²) in [5, 5.41) is 19.9. The third kappa shape index (κ3) is 42.0. The molecule has 5 N–H and O–H groups in total. The van der Waals surface area contributed by atoms with Crippen molar-refractivity contribution >= 4 is 27.6 Å². The Bertz CT molecular complexity index is 1400. The molecule has 0 heterocycles. The zero-order valence-corrected chi connectivity index (χ0v) is 37.7. The van der Waals surface area contributed by atoms with Crippen LogP contribution in [0.4, 0.5) is 0 Å². The summed E-state index contributed by atoms with van der Waals surface area (Å²) < 4.78 is 47.6. The summed E-state index contributed by atoms with van der Waals surface area (Å²) in [5.74, 6) is -1.22. The highest BCUT2D eigenvalue weighted by atomic mass is 31.2. The molecular formula is C44H74O14P2. The lowest BCUT2D eigenvalue weighted by Crippen LogP contribution is -2.29. The van der Waals surface area contributed by atoms with Crippen molar-refractivity contribution < 1.29 is 66.7 Å². The highest BCUT2D eigenvalue weighted by molar-refractivity contribution is 7.47. The van der Waals surface area contributed by atoms with Crippen LogP contribution in [-0.2, 0) is 41.8 Å². The number of carbonyl (C=O) groups excluding carboxylic acids is 2. The van der Waals surface area contributed by atoms with Crippen molar-refractivity contribution in [2.75, 3.05) is 26.4 Å². The number of carbonyl (C=O) groups is 2.